The number of halogens is 1. The fourth-order valence-electron chi connectivity index (χ4n) is 3.32. The van der Waals surface area contributed by atoms with E-state index in [-0.39, 0.29) is 5.91 Å². The monoisotopic (exact) mass is 377 g/mol. The van der Waals surface area contributed by atoms with E-state index in [9.17, 15) is 4.79 Å². The van der Waals surface area contributed by atoms with E-state index in [2.05, 4.69) is 18.2 Å². The predicted molar refractivity (Wildman–Crippen MR) is 107 cm³/mol. The fraction of sp³-hybridized carbons (Fsp3) is 0.174. The third-order valence-electron chi connectivity index (χ3n) is 4.87. The molecule has 0 radical (unpaired) electrons. The van der Waals surface area contributed by atoms with Gasteiger partial charge in [0.2, 0.25) is 0 Å². The predicted octanol–water partition coefficient (Wildman–Crippen LogP) is 5.12. The number of amides is 1. The largest absolute Gasteiger partial charge is 0.489 e. The molecular weight excluding hydrogens is 358 g/mol. The third-order valence-corrected chi connectivity index (χ3v) is 5.24. The average Bonchev–Trinajstić information content (AvgIpc) is 2.73. The van der Waals surface area contributed by atoms with E-state index in [1.54, 1.807) is 0 Å². The molecule has 0 aliphatic carbocycles. The van der Waals surface area contributed by atoms with Crippen LogP contribution in [0.5, 0.6) is 5.75 Å². The summed E-state index contributed by atoms with van der Waals surface area (Å²) in [6.07, 6.45) is 0.904. The Morgan fingerprint density at radius 2 is 1.63 bits per heavy atom. The quantitative estimate of drug-likeness (QED) is 0.631. The topological polar surface area (TPSA) is 29.5 Å². The first-order valence-corrected chi connectivity index (χ1v) is 9.41. The Morgan fingerprint density at radius 3 is 2.41 bits per heavy atom. The van der Waals surface area contributed by atoms with Crippen molar-refractivity contribution in [3.8, 4) is 5.75 Å². The van der Waals surface area contributed by atoms with E-state index in [4.69, 9.17) is 16.3 Å². The molecule has 4 rings (SSSR count). The highest BCUT2D eigenvalue weighted by Crippen LogP contribution is 2.22. The molecule has 0 N–H and O–H groups in total. The van der Waals surface area contributed by atoms with Gasteiger partial charge < -0.3 is 9.64 Å². The summed E-state index contributed by atoms with van der Waals surface area (Å²) in [5.74, 6) is 0.776. The highest BCUT2D eigenvalue weighted by Gasteiger charge is 2.21. The summed E-state index contributed by atoms with van der Waals surface area (Å²) in [6.45, 7) is 1.82. The van der Waals surface area contributed by atoms with Gasteiger partial charge in [0, 0.05) is 29.2 Å². The van der Waals surface area contributed by atoms with Gasteiger partial charge in [-0.3, -0.25) is 4.79 Å². The standard InChI is InChI=1S/C23H20ClNO2/c24-22-8-4-3-7-20(22)16-27-21-11-9-18(10-12-21)23(26)25-14-13-17-5-1-2-6-19(17)15-25/h1-12H,13-16H2. The zero-order valence-corrected chi connectivity index (χ0v) is 15.7. The molecule has 3 nitrogen and oxygen atoms in total. The normalized spacial score (nSPS) is 13.1. The molecule has 0 atom stereocenters. The lowest BCUT2D eigenvalue weighted by molar-refractivity contribution is 0.0734. The van der Waals surface area contributed by atoms with Crippen LogP contribution in [0.3, 0.4) is 0 Å². The number of benzene rings is 3. The van der Waals surface area contributed by atoms with Crippen LogP contribution < -0.4 is 4.74 Å². The molecule has 3 aromatic carbocycles. The first-order chi connectivity index (χ1) is 13.2. The van der Waals surface area contributed by atoms with Crippen LogP contribution in [0.25, 0.3) is 0 Å². The molecule has 0 aromatic heterocycles. The Hall–Kier alpha value is -2.78. The molecule has 1 aliphatic heterocycles. The fourth-order valence-corrected chi connectivity index (χ4v) is 3.51. The molecule has 4 heteroatoms. The number of hydrogen-bond donors (Lipinski definition) is 0. The molecule has 136 valence electrons. The van der Waals surface area contributed by atoms with Crippen molar-refractivity contribution >= 4 is 17.5 Å². The average molecular weight is 378 g/mol. The Bertz CT molecular complexity index is 953. The summed E-state index contributed by atoms with van der Waals surface area (Å²) in [4.78, 5) is 14.7. The summed E-state index contributed by atoms with van der Waals surface area (Å²) in [7, 11) is 0. The van der Waals surface area contributed by atoms with E-state index in [0.29, 0.717) is 23.7 Å². The maximum Gasteiger partial charge on any atom is 0.254 e. The van der Waals surface area contributed by atoms with Gasteiger partial charge in [0.1, 0.15) is 12.4 Å². The van der Waals surface area contributed by atoms with Gasteiger partial charge in [0.15, 0.2) is 0 Å². The smallest absolute Gasteiger partial charge is 0.254 e. The molecule has 27 heavy (non-hydrogen) atoms. The molecule has 0 unspecified atom stereocenters. The van der Waals surface area contributed by atoms with Crippen molar-refractivity contribution in [3.63, 3.8) is 0 Å². The number of nitrogens with zero attached hydrogens (tertiary/aromatic N) is 1. The highest BCUT2D eigenvalue weighted by atomic mass is 35.5. The van der Waals surface area contributed by atoms with Crippen molar-refractivity contribution in [1.82, 2.24) is 4.90 Å². The maximum atomic E-state index is 12.8. The second-order valence-electron chi connectivity index (χ2n) is 6.65. The van der Waals surface area contributed by atoms with Gasteiger partial charge in [0.05, 0.1) is 0 Å². The minimum Gasteiger partial charge on any atom is -0.489 e. The second kappa shape index (κ2) is 7.85. The van der Waals surface area contributed by atoms with Gasteiger partial charge in [-0.05, 0) is 47.9 Å². The van der Waals surface area contributed by atoms with Crippen LogP contribution >= 0.6 is 11.6 Å². The lowest BCUT2D eigenvalue weighted by atomic mass is 9.99. The Labute approximate surface area is 164 Å². The van der Waals surface area contributed by atoms with Gasteiger partial charge in [-0.15, -0.1) is 0 Å². The van der Waals surface area contributed by atoms with E-state index in [1.165, 1.54) is 11.1 Å². The van der Waals surface area contributed by atoms with Crippen LogP contribution in [0.4, 0.5) is 0 Å². The highest BCUT2D eigenvalue weighted by molar-refractivity contribution is 6.31. The third kappa shape index (κ3) is 3.99. The summed E-state index contributed by atoms with van der Waals surface area (Å²) in [5, 5.41) is 0.690. The minimum absolute atomic E-state index is 0.0576. The molecule has 0 saturated carbocycles. The summed E-state index contributed by atoms with van der Waals surface area (Å²) in [5.41, 5.74) is 4.19. The van der Waals surface area contributed by atoms with E-state index in [1.807, 2.05) is 59.5 Å². The summed E-state index contributed by atoms with van der Waals surface area (Å²) < 4.78 is 5.79. The molecule has 0 saturated heterocycles. The zero-order valence-electron chi connectivity index (χ0n) is 14.9. The van der Waals surface area contributed by atoms with Crippen molar-refractivity contribution in [2.24, 2.45) is 0 Å². The first kappa shape index (κ1) is 17.6. The molecule has 0 spiro atoms. The van der Waals surface area contributed by atoms with Crippen LogP contribution in [0.2, 0.25) is 5.02 Å². The number of hydrogen-bond acceptors (Lipinski definition) is 2. The van der Waals surface area contributed by atoms with Gasteiger partial charge >= 0.3 is 0 Å². The molecule has 1 heterocycles. The SMILES string of the molecule is O=C(c1ccc(OCc2ccccc2Cl)cc1)N1CCc2ccccc2C1. The van der Waals surface area contributed by atoms with Crippen LogP contribution in [0, 0.1) is 0 Å². The summed E-state index contributed by atoms with van der Waals surface area (Å²) in [6, 6.07) is 23.2. The molecule has 3 aromatic rings. The van der Waals surface area contributed by atoms with Crippen molar-refractivity contribution < 1.29 is 9.53 Å². The number of ether oxygens (including phenoxy) is 1. The van der Waals surface area contributed by atoms with Crippen molar-refractivity contribution in [2.75, 3.05) is 6.54 Å². The van der Waals surface area contributed by atoms with Gasteiger partial charge in [-0.1, -0.05) is 54.1 Å². The van der Waals surface area contributed by atoms with Crippen LogP contribution in [0.15, 0.2) is 72.8 Å². The molecule has 1 aliphatic rings. The molecule has 0 bridgehead atoms. The number of rotatable bonds is 4. The summed E-state index contributed by atoms with van der Waals surface area (Å²) >= 11 is 6.15. The van der Waals surface area contributed by atoms with Crippen LogP contribution in [-0.4, -0.2) is 17.4 Å². The minimum atomic E-state index is 0.0576. The molecular formula is C23H20ClNO2. The lowest BCUT2D eigenvalue weighted by Gasteiger charge is -2.29. The van der Waals surface area contributed by atoms with Gasteiger partial charge in [-0.2, -0.15) is 0 Å². The Balaban J connectivity index is 1.40. The van der Waals surface area contributed by atoms with Crippen molar-refractivity contribution in [3.05, 3.63) is 100 Å². The first-order valence-electron chi connectivity index (χ1n) is 9.03. The molecule has 1 amide bonds. The molecule has 0 fully saturated rings. The Kier molecular flexibility index (Phi) is 5.12. The number of carbonyl (C=O) groups excluding carboxylic acids is 1. The van der Waals surface area contributed by atoms with E-state index in [0.717, 1.165) is 24.3 Å². The van der Waals surface area contributed by atoms with Crippen LogP contribution in [0.1, 0.15) is 27.0 Å². The van der Waals surface area contributed by atoms with Crippen molar-refractivity contribution in [2.45, 2.75) is 19.6 Å². The van der Waals surface area contributed by atoms with Gasteiger partial charge in [0.25, 0.3) is 5.91 Å². The zero-order chi connectivity index (χ0) is 18.6. The number of carbonyl (C=O) groups is 1. The second-order valence-corrected chi connectivity index (χ2v) is 7.06. The lowest BCUT2D eigenvalue weighted by Crippen LogP contribution is -2.35. The van der Waals surface area contributed by atoms with Gasteiger partial charge in [-0.25, -0.2) is 0 Å². The van der Waals surface area contributed by atoms with Crippen LogP contribution in [-0.2, 0) is 19.6 Å². The Morgan fingerprint density at radius 1 is 0.926 bits per heavy atom. The van der Waals surface area contributed by atoms with E-state index < -0.39 is 0 Å². The van der Waals surface area contributed by atoms with Crippen molar-refractivity contribution in [1.29, 1.82) is 0 Å². The van der Waals surface area contributed by atoms with E-state index >= 15 is 0 Å². The number of fused-ring (bicyclic) bond motifs is 1. The maximum absolute atomic E-state index is 12.8.